The first-order valence-electron chi connectivity index (χ1n) is 3.39. The predicted molar refractivity (Wildman–Crippen MR) is 51.6 cm³/mol. The summed E-state index contributed by atoms with van der Waals surface area (Å²) in [6, 6.07) is 4.63. The van der Waals surface area contributed by atoms with Gasteiger partial charge in [-0.1, -0.05) is 37.9 Å². The molecule has 0 heterocycles. The molecule has 1 aromatic carbocycles. The molecule has 0 aliphatic heterocycles. The van der Waals surface area contributed by atoms with Crippen molar-refractivity contribution in [1.82, 2.24) is 0 Å². The van der Waals surface area contributed by atoms with Gasteiger partial charge in [-0.05, 0) is 17.7 Å². The molecule has 0 unspecified atom stereocenters. The Balaban J connectivity index is 2.90. The van der Waals surface area contributed by atoms with E-state index in [1.165, 1.54) is 6.07 Å². The van der Waals surface area contributed by atoms with Gasteiger partial charge in [-0.3, -0.25) is 0 Å². The van der Waals surface area contributed by atoms with Crippen LogP contribution in [0.15, 0.2) is 27.1 Å². The van der Waals surface area contributed by atoms with Crippen LogP contribution in [0.3, 0.4) is 0 Å². The zero-order valence-corrected chi connectivity index (χ0v) is 9.50. The normalized spacial score (nSPS) is 11.8. The van der Waals surface area contributed by atoms with Crippen LogP contribution in [-0.2, 0) is 6.42 Å². The van der Waals surface area contributed by atoms with Crippen molar-refractivity contribution in [2.24, 2.45) is 0 Å². The van der Waals surface area contributed by atoms with Crippen LogP contribution in [-0.4, -0.2) is 6.18 Å². The fraction of sp³-hybridized carbons (Fsp3) is 0.250. The smallest absolute Gasteiger partial charge is 0.171 e. The lowest BCUT2D eigenvalue weighted by molar-refractivity contribution is -0.127. The van der Waals surface area contributed by atoms with E-state index >= 15 is 0 Å². The third kappa shape index (κ3) is 3.68. The third-order valence-electron chi connectivity index (χ3n) is 1.41. The van der Waals surface area contributed by atoms with E-state index in [1.807, 2.05) is 0 Å². The molecule has 13 heavy (non-hydrogen) atoms. The summed E-state index contributed by atoms with van der Waals surface area (Å²) in [5.74, 6) is 0. The number of alkyl halides is 3. The van der Waals surface area contributed by atoms with Gasteiger partial charge in [0.05, 0.1) is 6.42 Å². The van der Waals surface area contributed by atoms with Crippen molar-refractivity contribution in [3.8, 4) is 0 Å². The predicted octanol–water partition coefficient (Wildman–Crippen LogP) is 4.32. The van der Waals surface area contributed by atoms with Crippen molar-refractivity contribution >= 4 is 31.9 Å². The molecule has 0 bridgehead atoms. The van der Waals surface area contributed by atoms with Gasteiger partial charge in [-0.25, -0.2) is 0 Å². The van der Waals surface area contributed by atoms with Gasteiger partial charge in [-0.2, -0.15) is 13.2 Å². The third-order valence-corrected chi connectivity index (χ3v) is 2.64. The van der Waals surface area contributed by atoms with E-state index in [2.05, 4.69) is 31.9 Å². The minimum Gasteiger partial charge on any atom is -0.171 e. The fourth-order valence-corrected chi connectivity index (χ4v) is 2.07. The summed E-state index contributed by atoms with van der Waals surface area (Å²) in [6.07, 6.45) is -5.06. The molecule has 1 rings (SSSR count). The van der Waals surface area contributed by atoms with Crippen LogP contribution in [0.1, 0.15) is 5.56 Å². The number of hydrogen-bond donors (Lipinski definition) is 0. The first-order chi connectivity index (χ1) is 5.88. The van der Waals surface area contributed by atoms with Crippen LogP contribution in [0.25, 0.3) is 0 Å². The summed E-state index contributed by atoms with van der Waals surface area (Å²) in [5.41, 5.74) is 0.246. The zero-order valence-electron chi connectivity index (χ0n) is 6.33. The highest BCUT2D eigenvalue weighted by molar-refractivity contribution is 9.11. The van der Waals surface area contributed by atoms with Crippen LogP contribution in [0.2, 0.25) is 0 Å². The molecular weight excluding hydrogens is 313 g/mol. The molecule has 0 N–H and O–H groups in total. The van der Waals surface area contributed by atoms with Crippen LogP contribution >= 0.6 is 31.9 Å². The number of rotatable bonds is 1. The van der Waals surface area contributed by atoms with Gasteiger partial charge in [0.1, 0.15) is 0 Å². The molecule has 0 fully saturated rings. The maximum Gasteiger partial charge on any atom is 0.393 e. The Hall–Kier alpha value is -0.0300. The van der Waals surface area contributed by atoms with Crippen molar-refractivity contribution in [2.45, 2.75) is 12.6 Å². The minimum absolute atomic E-state index is 0.246. The van der Waals surface area contributed by atoms with Crippen molar-refractivity contribution < 1.29 is 13.2 Å². The topological polar surface area (TPSA) is 0 Å². The van der Waals surface area contributed by atoms with E-state index in [0.717, 1.165) is 4.47 Å². The molecule has 0 aromatic heterocycles. The molecule has 0 saturated carbocycles. The maximum atomic E-state index is 12.0. The van der Waals surface area contributed by atoms with Gasteiger partial charge in [0.25, 0.3) is 0 Å². The molecule has 0 saturated heterocycles. The van der Waals surface area contributed by atoms with Crippen molar-refractivity contribution in [1.29, 1.82) is 0 Å². The monoisotopic (exact) mass is 316 g/mol. The van der Waals surface area contributed by atoms with E-state index in [0.29, 0.717) is 4.47 Å². The summed E-state index contributed by atoms with van der Waals surface area (Å²) in [5, 5.41) is 0. The molecule has 1 aromatic rings. The van der Waals surface area contributed by atoms with Crippen LogP contribution in [0, 0.1) is 0 Å². The SMILES string of the molecule is FC(F)(F)Cc1ccc(Br)cc1Br. The molecule has 0 radical (unpaired) electrons. The number of halogens is 5. The van der Waals surface area contributed by atoms with E-state index < -0.39 is 12.6 Å². The van der Waals surface area contributed by atoms with Gasteiger partial charge in [0, 0.05) is 8.95 Å². The Morgan fingerprint density at radius 2 is 1.77 bits per heavy atom. The summed E-state index contributed by atoms with van der Waals surface area (Å²) < 4.78 is 37.2. The van der Waals surface area contributed by atoms with Gasteiger partial charge in [0.15, 0.2) is 0 Å². The van der Waals surface area contributed by atoms with E-state index in [4.69, 9.17) is 0 Å². The molecule has 0 aliphatic carbocycles. The molecule has 0 nitrogen and oxygen atoms in total. The van der Waals surface area contributed by atoms with Crippen molar-refractivity contribution in [3.05, 3.63) is 32.7 Å². The molecule has 0 amide bonds. The second-order valence-electron chi connectivity index (χ2n) is 2.53. The lowest BCUT2D eigenvalue weighted by atomic mass is 10.1. The fourth-order valence-electron chi connectivity index (χ4n) is 0.881. The van der Waals surface area contributed by atoms with Crippen LogP contribution < -0.4 is 0 Å². The first-order valence-corrected chi connectivity index (χ1v) is 4.98. The summed E-state index contributed by atoms with van der Waals surface area (Å²) in [7, 11) is 0. The number of hydrogen-bond acceptors (Lipinski definition) is 0. The lowest BCUT2D eigenvalue weighted by Gasteiger charge is -2.08. The van der Waals surface area contributed by atoms with Crippen LogP contribution in [0.4, 0.5) is 13.2 Å². The quantitative estimate of drug-likeness (QED) is 0.724. The van der Waals surface area contributed by atoms with E-state index in [-0.39, 0.29) is 5.56 Å². The summed E-state index contributed by atoms with van der Waals surface area (Å²) in [6.45, 7) is 0. The second kappa shape index (κ2) is 4.00. The Morgan fingerprint density at radius 3 is 2.23 bits per heavy atom. The molecule has 0 aliphatic rings. The lowest BCUT2D eigenvalue weighted by Crippen LogP contribution is -2.11. The average molecular weight is 318 g/mol. The second-order valence-corrected chi connectivity index (χ2v) is 4.30. The van der Waals surface area contributed by atoms with Gasteiger partial charge in [-0.15, -0.1) is 0 Å². The Labute approximate surface area is 90.4 Å². The highest BCUT2D eigenvalue weighted by Crippen LogP contribution is 2.28. The standard InChI is InChI=1S/C8H5Br2F3/c9-6-2-1-5(7(10)3-6)4-8(11,12)13/h1-3H,4H2. The Bertz CT molecular complexity index is 307. The maximum absolute atomic E-state index is 12.0. The van der Waals surface area contributed by atoms with E-state index in [9.17, 15) is 13.2 Å². The van der Waals surface area contributed by atoms with Gasteiger partial charge in [0.2, 0.25) is 0 Å². The zero-order chi connectivity index (χ0) is 10.1. The number of benzene rings is 1. The molecule has 5 heteroatoms. The summed E-state index contributed by atoms with van der Waals surface area (Å²) in [4.78, 5) is 0. The first kappa shape index (κ1) is 11.0. The molecule has 72 valence electrons. The van der Waals surface area contributed by atoms with E-state index in [1.54, 1.807) is 12.1 Å². The molecule has 0 atom stereocenters. The van der Waals surface area contributed by atoms with Crippen molar-refractivity contribution in [3.63, 3.8) is 0 Å². The van der Waals surface area contributed by atoms with Gasteiger partial charge >= 0.3 is 6.18 Å². The average Bonchev–Trinajstić information content (AvgIpc) is 1.93. The largest absolute Gasteiger partial charge is 0.393 e. The molecular formula is C8H5Br2F3. The minimum atomic E-state index is -4.16. The highest BCUT2D eigenvalue weighted by Gasteiger charge is 2.28. The Morgan fingerprint density at radius 1 is 1.15 bits per heavy atom. The summed E-state index contributed by atoms with van der Waals surface area (Å²) >= 11 is 6.23. The van der Waals surface area contributed by atoms with Gasteiger partial charge < -0.3 is 0 Å². The van der Waals surface area contributed by atoms with Crippen LogP contribution in [0.5, 0.6) is 0 Å². The molecule has 0 spiro atoms. The highest BCUT2D eigenvalue weighted by atomic mass is 79.9. The Kier molecular flexibility index (Phi) is 3.40. The van der Waals surface area contributed by atoms with Crippen molar-refractivity contribution in [2.75, 3.05) is 0 Å².